The number of carbonyl (C=O) groups is 1. The van der Waals surface area contributed by atoms with Crippen molar-refractivity contribution in [1.29, 1.82) is 0 Å². The maximum atomic E-state index is 11.1. The molecule has 0 radical (unpaired) electrons. The Morgan fingerprint density at radius 2 is 1.94 bits per heavy atom. The molecule has 2 heteroatoms. The summed E-state index contributed by atoms with van der Waals surface area (Å²) in [5.41, 5.74) is 2.72. The molecule has 92 valence electrons. The van der Waals surface area contributed by atoms with Gasteiger partial charge in [-0.1, -0.05) is 61.7 Å². The fraction of sp³-hybridized carbons (Fsp3) is 0.0625. The van der Waals surface area contributed by atoms with Crippen LogP contribution in [0.3, 0.4) is 0 Å². The molecule has 0 saturated heterocycles. The molecule has 0 fully saturated rings. The van der Waals surface area contributed by atoms with Gasteiger partial charge in [-0.3, -0.25) is 0 Å². The Morgan fingerprint density at radius 1 is 1.28 bits per heavy atom. The van der Waals surface area contributed by atoms with Gasteiger partial charge in [-0.15, -0.1) is 0 Å². The lowest BCUT2D eigenvalue weighted by Gasteiger charge is -2.09. The van der Waals surface area contributed by atoms with Crippen LogP contribution in [0.4, 0.5) is 0 Å². The van der Waals surface area contributed by atoms with Crippen molar-refractivity contribution in [3.05, 3.63) is 72.4 Å². The van der Waals surface area contributed by atoms with E-state index in [0.717, 1.165) is 11.1 Å². The topological polar surface area (TPSA) is 37.3 Å². The van der Waals surface area contributed by atoms with Gasteiger partial charge in [0.25, 0.3) is 0 Å². The van der Waals surface area contributed by atoms with Crippen LogP contribution in [0.5, 0.6) is 0 Å². The molecule has 0 aliphatic heterocycles. The summed E-state index contributed by atoms with van der Waals surface area (Å²) in [5.74, 6) is -0.933. The first kappa shape index (κ1) is 13.7. The highest BCUT2D eigenvalue weighted by molar-refractivity contribution is 5.99. The van der Waals surface area contributed by atoms with Crippen LogP contribution in [-0.4, -0.2) is 11.1 Å². The fourth-order valence-electron chi connectivity index (χ4n) is 1.62. The summed E-state index contributed by atoms with van der Waals surface area (Å²) in [5, 5.41) is 9.13. The predicted octanol–water partition coefficient (Wildman–Crippen LogP) is 3.93. The molecule has 0 saturated carbocycles. The zero-order valence-electron chi connectivity index (χ0n) is 10.4. The van der Waals surface area contributed by atoms with E-state index < -0.39 is 5.97 Å². The average molecular weight is 240 g/mol. The van der Waals surface area contributed by atoms with E-state index in [2.05, 4.69) is 13.2 Å². The van der Waals surface area contributed by atoms with Crippen molar-refractivity contribution in [3.8, 4) is 0 Å². The van der Waals surface area contributed by atoms with Crippen molar-refractivity contribution in [3.63, 3.8) is 0 Å². The summed E-state index contributed by atoms with van der Waals surface area (Å²) in [6.45, 7) is 8.93. The van der Waals surface area contributed by atoms with E-state index >= 15 is 0 Å². The number of benzene rings is 1. The third-order valence-electron chi connectivity index (χ3n) is 2.59. The second-order valence-corrected chi connectivity index (χ2v) is 3.73. The second kappa shape index (κ2) is 6.40. The molecule has 1 aromatic carbocycles. The summed E-state index contributed by atoms with van der Waals surface area (Å²) in [7, 11) is 0. The molecule has 2 nitrogen and oxygen atoms in total. The van der Waals surface area contributed by atoms with Crippen LogP contribution in [0.1, 0.15) is 18.1 Å². The molecule has 0 unspecified atom stereocenters. The van der Waals surface area contributed by atoms with E-state index in [0.29, 0.717) is 11.1 Å². The van der Waals surface area contributed by atoms with Crippen LogP contribution in [0, 0.1) is 0 Å². The third kappa shape index (κ3) is 3.08. The summed E-state index contributed by atoms with van der Waals surface area (Å²) in [6.07, 6.45) is 6.80. The third-order valence-corrected chi connectivity index (χ3v) is 2.59. The molecule has 1 N–H and O–H groups in total. The first-order valence-corrected chi connectivity index (χ1v) is 5.57. The number of hydrogen-bond acceptors (Lipinski definition) is 1. The second-order valence-electron chi connectivity index (χ2n) is 3.73. The van der Waals surface area contributed by atoms with E-state index in [-0.39, 0.29) is 0 Å². The molecule has 0 heterocycles. The Bertz CT molecular complexity index is 534. The van der Waals surface area contributed by atoms with E-state index in [1.807, 2.05) is 24.3 Å². The van der Waals surface area contributed by atoms with E-state index in [4.69, 9.17) is 5.11 Å². The maximum Gasteiger partial charge on any atom is 0.331 e. The average Bonchev–Trinajstić information content (AvgIpc) is 2.39. The van der Waals surface area contributed by atoms with Gasteiger partial charge in [0.2, 0.25) is 0 Å². The molecule has 1 aromatic rings. The lowest BCUT2D eigenvalue weighted by atomic mass is 9.95. The van der Waals surface area contributed by atoms with E-state index in [1.165, 1.54) is 0 Å². The Hall–Kier alpha value is -2.35. The number of carboxylic acid groups (broad SMARTS) is 1. The van der Waals surface area contributed by atoms with Gasteiger partial charge in [-0.2, -0.15) is 0 Å². The molecular formula is C16H16O2. The maximum absolute atomic E-state index is 11.1. The summed E-state index contributed by atoms with van der Waals surface area (Å²) >= 11 is 0. The van der Waals surface area contributed by atoms with E-state index in [9.17, 15) is 4.79 Å². The van der Waals surface area contributed by atoms with Gasteiger partial charge in [0, 0.05) is 5.57 Å². The summed E-state index contributed by atoms with van der Waals surface area (Å²) in [6, 6.07) is 7.55. The minimum absolute atomic E-state index is 0.294. The van der Waals surface area contributed by atoms with Crippen molar-refractivity contribution >= 4 is 17.6 Å². The van der Waals surface area contributed by atoms with Crippen LogP contribution in [0.25, 0.3) is 11.6 Å². The molecule has 0 amide bonds. The van der Waals surface area contributed by atoms with Crippen LogP contribution in [0.2, 0.25) is 0 Å². The lowest BCUT2D eigenvalue weighted by molar-refractivity contribution is -0.132. The zero-order chi connectivity index (χ0) is 13.5. The van der Waals surface area contributed by atoms with Crippen molar-refractivity contribution in [2.45, 2.75) is 6.92 Å². The van der Waals surface area contributed by atoms with Crippen molar-refractivity contribution in [1.82, 2.24) is 0 Å². The number of carboxylic acids is 1. The number of allylic oxidation sites excluding steroid dienone is 4. The Balaban J connectivity index is 3.49. The highest BCUT2D eigenvalue weighted by Gasteiger charge is 2.11. The van der Waals surface area contributed by atoms with Gasteiger partial charge < -0.3 is 5.11 Å². The molecule has 0 aromatic heterocycles. The normalized spacial score (nSPS) is 12.1. The highest BCUT2D eigenvalue weighted by atomic mass is 16.4. The molecule has 0 atom stereocenters. The van der Waals surface area contributed by atoms with Gasteiger partial charge in [0.15, 0.2) is 0 Å². The van der Waals surface area contributed by atoms with Crippen molar-refractivity contribution < 1.29 is 9.90 Å². The smallest absolute Gasteiger partial charge is 0.331 e. The van der Waals surface area contributed by atoms with E-state index in [1.54, 1.807) is 31.2 Å². The minimum atomic E-state index is -0.933. The minimum Gasteiger partial charge on any atom is -0.478 e. The quantitative estimate of drug-likeness (QED) is 0.625. The fourth-order valence-corrected chi connectivity index (χ4v) is 1.62. The molecule has 0 bridgehead atoms. The summed E-state index contributed by atoms with van der Waals surface area (Å²) < 4.78 is 0. The van der Waals surface area contributed by atoms with Crippen molar-refractivity contribution in [2.24, 2.45) is 0 Å². The molecule has 18 heavy (non-hydrogen) atoms. The Kier molecular flexibility index (Phi) is 4.88. The van der Waals surface area contributed by atoms with Gasteiger partial charge in [0.05, 0.1) is 0 Å². The van der Waals surface area contributed by atoms with Crippen LogP contribution < -0.4 is 0 Å². The van der Waals surface area contributed by atoms with Gasteiger partial charge in [0.1, 0.15) is 0 Å². The molecule has 1 rings (SSSR count). The van der Waals surface area contributed by atoms with Crippen LogP contribution >= 0.6 is 0 Å². The van der Waals surface area contributed by atoms with Gasteiger partial charge in [-0.05, 0) is 23.6 Å². The number of rotatable bonds is 5. The summed E-state index contributed by atoms with van der Waals surface area (Å²) in [4.78, 5) is 11.1. The molecular weight excluding hydrogens is 224 g/mol. The molecule has 0 spiro atoms. The SMILES string of the molecule is C=C/C=C/C(=C(/C)C(=O)O)c1ccccc1C=C. The highest BCUT2D eigenvalue weighted by Crippen LogP contribution is 2.25. The lowest BCUT2D eigenvalue weighted by Crippen LogP contribution is -2.00. The number of aliphatic carboxylic acids is 1. The van der Waals surface area contributed by atoms with Crippen molar-refractivity contribution in [2.75, 3.05) is 0 Å². The standard InChI is InChI=1S/C16H16O2/c1-4-6-10-14(12(3)16(17)18)15-11-8-7-9-13(15)5-2/h4-11H,1-2H2,3H3,(H,17,18)/b10-6+,14-12+. The zero-order valence-corrected chi connectivity index (χ0v) is 10.4. The van der Waals surface area contributed by atoms with Crippen LogP contribution in [-0.2, 0) is 4.79 Å². The number of hydrogen-bond donors (Lipinski definition) is 1. The monoisotopic (exact) mass is 240 g/mol. The molecule has 0 aliphatic rings. The Morgan fingerprint density at radius 3 is 2.50 bits per heavy atom. The van der Waals surface area contributed by atoms with Gasteiger partial charge in [-0.25, -0.2) is 4.79 Å². The molecule has 0 aliphatic carbocycles. The van der Waals surface area contributed by atoms with Gasteiger partial charge >= 0.3 is 5.97 Å². The predicted molar refractivity (Wildman–Crippen MR) is 76.1 cm³/mol. The first-order valence-electron chi connectivity index (χ1n) is 5.57. The van der Waals surface area contributed by atoms with Crippen LogP contribution in [0.15, 0.2) is 61.2 Å². The largest absolute Gasteiger partial charge is 0.478 e. The first-order chi connectivity index (χ1) is 8.61. The Labute approximate surface area is 107 Å².